The van der Waals surface area contributed by atoms with Crippen LogP contribution in [0.15, 0.2) is 18.3 Å². The van der Waals surface area contributed by atoms with Crippen LogP contribution in [0.3, 0.4) is 0 Å². The molecule has 0 radical (unpaired) electrons. The summed E-state index contributed by atoms with van der Waals surface area (Å²) in [5.74, 6) is -0.0520. The number of pyridine rings is 1. The van der Waals surface area contributed by atoms with Gasteiger partial charge in [-0.15, -0.1) is 0 Å². The molecular weight excluding hydrogens is 203 g/mol. The van der Waals surface area contributed by atoms with Crippen molar-refractivity contribution in [3.63, 3.8) is 0 Å². The highest BCUT2D eigenvalue weighted by Crippen LogP contribution is 2.35. The van der Waals surface area contributed by atoms with Crippen molar-refractivity contribution in [2.45, 2.75) is 32.9 Å². The minimum absolute atomic E-state index is 0.139. The van der Waals surface area contributed by atoms with Gasteiger partial charge in [0.15, 0.2) is 0 Å². The number of hydrogen-bond donors (Lipinski definition) is 0. The SMILES string of the molecule is CC(C)C(C)c1ncccc1C(F)(F)F. The Balaban J connectivity index is 3.18. The van der Waals surface area contributed by atoms with Gasteiger partial charge >= 0.3 is 6.18 Å². The summed E-state index contributed by atoms with van der Waals surface area (Å²) < 4.78 is 37.9. The number of alkyl halides is 3. The van der Waals surface area contributed by atoms with Gasteiger partial charge in [-0.05, 0) is 18.1 Å². The Morgan fingerprint density at radius 1 is 1.20 bits per heavy atom. The number of nitrogens with zero attached hydrogens (tertiary/aromatic N) is 1. The Labute approximate surface area is 87.3 Å². The average molecular weight is 217 g/mol. The lowest BCUT2D eigenvalue weighted by Crippen LogP contribution is -2.15. The van der Waals surface area contributed by atoms with E-state index in [9.17, 15) is 13.2 Å². The lowest BCUT2D eigenvalue weighted by atomic mass is 9.91. The minimum Gasteiger partial charge on any atom is -0.260 e. The molecule has 0 fully saturated rings. The summed E-state index contributed by atoms with van der Waals surface area (Å²) in [6.07, 6.45) is -2.91. The summed E-state index contributed by atoms with van der Waals surface area (Å²) in [7, 11) is 0. The summed E-state index contributed by atoms with van der Waals surface area (Å²) >= 11 is 0. The zero-order valence-corrected chi connectivity index (χ0v) is 8.97. The van der Waals surface area contributed by atoms with Gasteiger partial charge in [-0.2, -0.15) is 13.2 Å². The zero-order chi connectivity index (χ0) is 11.6. The average Bonchev–Trinajstić information content (AvgIpc) is 2.15. The molecule has 0 aromatic carbocycles. The molecule has 84 valence electrons. The molecule has 1 heterocycles. The largest absolute Gasteiger partial charge is 0.418 e. The lowest BCUT2D eigenvalue weighted by Gasteiger charge is -2.19. The van der Waals surface area contributed by atoms with E-state index in [-0.39, 0.29) is 17.5 Å². The Kier molecular flexibility index (Phi) is 3.37. The molecule has 0 saturated heterocycles. The maximum absolute atomic E-state index is 12.6. The second kappa shape index (κ2) is 4.21. The lowest BCUT2D eigenvalue weighted by molar-refractivity contribution is -0.138. The normalized spacial score (nSPS) is 14.3. The standard InChI is InChI=1S/C11H14F3N/c1-7(2)8(3)10-9(11(12,13)14)5-4-6-15-10/h4-8H,1-3H3. The maximum atomic E-state index is 12.6. The van der Waals surface area contributed by atoms with Crippen molar-refractivity contribution < 1.29 is 13.2 Å². The molecule has 1 aromatic heterocycles. The Bertz CT molecular complexity index is 331. The van der Waals surface area contributed by atoms with E-state index in [2.05, 4.69) is 4.98 Å². The van der Waals surface area contributed by atoms with Crippen LogP contribution < -0.4 is 0 Å². The highest BCUT2D eigenvalue weighted by atomic mass is 19.4. The van der Waals surface area contributed by atoms with Crippen molar-refractivity contribution in [3.8, 4) is 0 Å². The molecule has 0 bridgehead atoms. The molecule has 1 unspecified atom stereocenters. The number of hydrogen-bond acceptors (Lipinski definition) is 1. The first-order valence-corrected chi connectivity index (χ1v) is 4.86. The van der Waals surface area contributed by atoms with Crippen LogP contribution in [0.5, 0.6) is 0 Å². The molecule has 1 nitrogen and oxygen atoms in total. The van der Waals surface area contributed by atoms with E-state index in [1.54, 1.807) is 6.92 Å². The van der Waals surface area contributed by atoms with E-state index in [4.69, 9.17) is 0 Å². The smallest absolute Gasteiger partial charge is 0.260 e. The zero-order valence-electron chi connectivity index (χ0n) is 8.97. The monoisotopic (exact) mass is 217 g/mol. The van der Waals surface area contributed by atoms with Crippen LogP contribution in [0, 0.1) is 5.92 Å². The molecular formula is C11H14F3N. The van der Waals surface area contributed by atoms with Gasteiger partial charge in [-0.1, -0.05) is 20.8 Å². The molecule has 15 heavy (non-hydrogen) atoms. The topological polar surface area (TPSA) is 12.9 Å². The third kappa shape index (κ3) is 2.70. The van der Waals surface area contributed by atoms with Crippen LogP contribution in [-0.2, 0) is 6.18 Å². The molecule has 0 N–H and O–H groups in total. The number of aromatic nitrogens is 1. The van der Waals surface area contributed by atoms with E-state index in [0.717, 1.165) is 6.07 Å². The molecule has 0 aliphatic heterocycles. The summed E-state index contributed by atoms with van der Waals surface area (Å²) in [6.45, 7) is 5.54. The Morgan fingerprint density at radius 3 is 2.27 bits per heavy atom. The second-order valence-corrected chi connectivity index (χ2v) is 3.97. The maximum Gasteiger partial charge on any atom is 0.418 e. The van der Waals surface area contributed by atoms with E-state index < -0.39 is 11.7 Å². The van der Waals surface area contributed by atoms with Crippen LogP contribution in [0.2, 0.25) is 0 Å². The van der Waals surface area contributed by atoms with Gasteiger partial charge in [-0.3, -0.25) is 4.98 Å². The molecule has 0 aliphatic carbocycles. The predicted molar refractivity (Wildman–Crippen MR) is 52.5 cm³/mol. The first-order chi connectivity index (χ1) is 6.84. The molecule has 0 amide bonds. The number of rotatable bonds is 2. The van der Waals surface area contributed by atoms with Crippen molar-refractivity contribution in [2.24, 2.45) is 5.92 Å². The second-order valence-electron chi connectivity index (χ2n) is 3.97. The van der Waals surface area contributed by atoms with Crippen molar-refractivity contribution >= 4 is 0 Å². The van der Waals surface area contributed by atoms with Crippen LogP contribution in [-0.4, -0.2) is 4.98 Å². The van der Waals surface area contributed by atoms with Crippen molar-refractivity contribution in [3.05, 3.63) is 29.6 Å². The fourth-order valence-corrected chi connectivity index (χ4v) is 1.34. The van der Waals surface area contributed by atoms with Crippen molar-refractivity contribution in [1.29, 1.82) is 0 Å². The van der Waals surface area contributed by atoms with E-state index in [0.29, 0.717) is 0 Å². The summed E-state index contributed by atoms with van der Waals surface area (Å²) in [4.78, 5) is 3.85. The predicted octanol–water partition coefficient (Wildman–Crippen LogP) is 3.86. The highest BCUT2D eigenvalue weighted by Gasteiger charge is 2.35. The molecule has 4 heteroatoms. The quantitative estimate of drug-likeness (QED) is 0.733. The van der Waals surface area contributed by atoms with E-state index in [1.165, 1.54) is 12.3 Å². The Morgan fingerprint density at radius 2 is 1.80 bits per heavy atom. The van der Waals surface area contributed by atoms with Gasteiger partial charge in [0.05, 0.1) is 11.3 Å². The highest BCUT2D eigenvalue weighted by molar-refractivity contribution is 5.26. The van der Waals surface area contributed by atoms with Crippen LogP contribution in [0.1, 0.15) is 37.9 Å². The summed E-state index contributed by atoms with van der Waals surface area (Å²) in [6, 6.07) is 2.40. The van der Waals surface area contributed by atoms with Gasteiger partial charge in [0.1, 0.15) is 0 Å². The number of halogens is 3. The molecule has 0 aliphatic rings. The molecule has 0 spiro atoms. The Hall–Kier alpha value is -1.06. The minimum atomic E-state index is -4.31. The van der Waals surface area contributed by atoms with Gasteiger partial charge in [0.2, 0.25) is 0 Å². The fraction of sp³-hybridized carbons (Fsp3) is 0.545. The molecule has 0 saturated carbocycles. The first-order valence-electron chi connectivity index (χ1n) is 4.86. The van der Waals surface area contributed by atoms with Gasteiger partial charge in [-0.25, -0.2) is 0 Å². The van der Waals surface area contributed by atoms with Crippen LogP contribution >= 0.6 is 0 Å². The molecule has 1 atom stereocenters. The summed E-state index contributed by atoms with van der Waals surface area (Å²) in [5, 5.41) is 0. The third-order valence-corrected chi connectivity index (χ3v) is 2.58. The van der Waals surface area contributed by atoms with Crippen molar-refractivity contribution in [1.82, 2.24) is 4.98 Å². The van der Waals surface area contributed by atoms with E-state index in [1.807, 2.05) is 13.8 Å². The van der Waals surface area contributed by atoms with Gasteiger partial charge in [0, 0.05) is 12.1 Å². The van der Waals surface area contributed by atoms with Gasteiger partial charge in [0.25, 0.3) is 0 Å². The van der Waals surface area contributed by atoms with Gasteiger partial charge < -0.3 is 0 Å². The third-order valence-electron chi connectivity index (χ3n) is 2.58. The molecule has 1 aromatic rings. The first kappa shape index (κ1) is 12.0. The van der Waals surface area contributed by atoms with Crippen molar-refractivity contribution in [2.75, 3.05) is 0 Å². The summed E-state index contributed by atoms with van der Waals surface area (Å²) in [5.41, 5.74) is -0.480. The van der Waals surface area contributed by atoms with Crippen LogP contribution in [0.4, 0.5) is 13.2 Å². The fourth-order valence-electron chi connectivity index (χ4n) is 1.34. The van der Waals surface area contributed by atoms with E-state index >= 15 is 0 Å². The molecule has 1 rings (SSSR count). The van der Waals surface area contributed by atoms with Crippen LogP contribution in [0.25, 0.3) is 0 Å².